The van der Waals surface area contributed by atoms with Crippen molar-refractivity contribution in [3.63, 3.8) is 0 Å². The van der Waals surface area contributed by atoms with E-state index in [4.69, 9.17) is 36.3 Å². The molecule has 0 unspecified atom stereocenters. The Kier molecular flexibility index (Phi) is 22.2. The van der Waals surface area contributed by atoms with Gasteiger partial charge in [0.25, 0.3) is 11.8 Å². The summed E-state index contributed by atoms with van der Waals surface area (Å²) in [5.74, 6) is -4.31. The molecule has 0 spiro atoms. The van der Waals surface area contributed by atoms with Crippen LogP contribution in [0.1, 0.15) is 116 Å². The molecule has 6 rings (SSSR count). The average molecular weight is 1210 g/mol. The van der Waals surface area contributed by atoms with Gasteiger partial charge >= 0.3 is 18.1 Å². The van der Waals surface area contributed by atoms with E-state index in [1.54, 1.807) is 51.2 Å². The minimum Gasteiger partial charge on any atom is -0.462 e. The van der Waals surface area contributed by atoms with Gasteiger partial charge in [-0.3, -0.25) is 43.8 Å². The maximum absolute atomic E-state index is 14.4. The number of primary amides is 1. The number of urea groups is 1. The van der Waals surface area contributed by atoms with E-state index >= 15 is 0 Å². The number of nitrogens with zero attached hydrogens (tertiary/aromatic N) is 2. The number of unbranched alkanes of at least 4 members (excludes halogenated alkanes) is 2. The van der Waals surface area contributed by atoms with Crippen molar-refractivity contribution in [2.45, 2.75) is 160 Å². The highest BCUT2D eigenvalue weighted by Crippen LogP contribution is 2.50. The van der Waals surface area contributed by atoms with E-state index in [1.807, 2.05) is 45.9 Å². The quantitative estimate of drug-likeness (QED) is 0.0351. The first-order valence-electron chi connectivity index (χ1n) is 27.4. The zero-order valence-corrected chi connectivity index (χ0v) is 49.6. The summed E-state index contributed by atoms with van der Waals surface area (Å²) < 4.78 is 24.4. The van der Waals surface area contributed by atoms with Crippen LogP contribution in [0.4, 0.5) is 21.0 Å². The molecular weight excluding hydrogens is 1130 g/mol. The number of allylic oxidation sites excluding steroid dienone is 3. The fourth-order valence-corrected chi connectivity index (χ4v) is 11.5. The van der Waals surface area contributed by atoms with Gasteiger partial charge in [-0.05, 0) is 110 Å². The summed E-state index contributed by atoms with van der Waals surface area (Å²) in [5.41, 5.74) is 6.15. The number of epoxide rings is 1. The first kappa shape index (κ1) is 63.9. The highest BCUT2D eigenvalue weighted by atomic mass is 79.9. The van der Waals surface area contributed by atoms with E-state index in [-0.39, 0.29) is 93.0 Å². The zero-order valence-electron chi connectivity index (χ0n) is 47.3. The number of methoxy groups -OCH3 is 1. The Morgan fingerprint density at radius 2 is 1.73 bits per heavy atom. The number of nitrogens with two attached hydrogens (primary N) is 1. The first-order chi connectivity index (χ1) is 38.2. The smallest absolute Gasteiger partial charge is 0.412 e. The largest absolute Gasteiger partial charge is 0.462 e. The Hall–Kier alpha value is -6.26. The minimum absolute atomic E-state index is 0.0112. The molecule has 4 aliphatic rings. The van der Waals surface area contributed by atoms with Crippen molar-refractivity contribution in [1.82, 2.24) is 15.5 Å². The maximum atomic E-state index is 14.4. The van der Waals surface area contributed by atoms with E-state index in [0.717, 1.165) is 21.6 Å². The van der Waals surface area contributed by atoms with E-state index < -0.39 is 83.4 Å². The van der Waals surface area contributed by atoms with Gasteiger partial charge in [0.05, 0.1) is 41.4 Å². The predicted octanol–water partition coefficient (Wildman–Crippen LogP) is 7.45. The van der Waals surface area contributed by atoms with Crippen LogP contribution in [0.15, 0.2) is 70.8 Å². The summed E-state index contributed by atoms with van der Waals surface area (Å²) in [6.07, 6.45) is 5.17. The zero-order chi connectivity index (χ0) is 59.5. The Labute approximate surface area is 486 Å². The number of ketones is 2. The SMILES string of the molecule is CO[C@@H]1/C=C/C=C(\C)Cc2cc(C)c(Cl)c(c2)N(C)C(=O)C[C@H](OC(=O)Nc2ccc(CC(=O)[C@H](CCCNC(N)=O)NC(=O)[C@@H](CC(=O)CCCCCN3C(=O)C=CC3=O)C(C)C)cc2Br)[C@]2(C)O[C@H]2[C@H](C)[C@@H]2C[C@@]1(O)CC(=O)O2. The number of ether oxygens (including phenoxy) is 4. The van der Waals surface area contributed by atoms with Gasteiger partial charge in [0.2, 0.25) is 11.8 Å². The number of halogens is 2. The number of esters is 1. The highest BCUT2D eigenvalue weighted by molar-refractivity contribution is 9.10. The molecule has 2 saturated heterocycles. The molecule has 0 radical (unpaired) electrons. The molecule has 0 aliphatic carbocycles. The van der Waals surface area contributed by atoms with Gasteiger partial charge in [-0.1, -0.05) is 74.7 Å². The molecule has 4 bridgehead atoms. The molecule has 0 saturated carbocycles. The summed E-state index contributed by atoms with van der Waals surface area (Å²) in [4.78, 5) is 120. The molecule has 0 aromatic heterocycles. The van der Waals surface area contributed by atoms with Crippen LogP contribution in [0.25, 0.3) is 0 Å². The molecule has 440 valence electrons. The Bertz CT molecular complexity index is 2820. The second kappa shape index (κ2) is 28.1. The molecule has 22 heteroatoms. The van der Waals surface area contributed by atoms with Crippen LogP contribution in [0.5, 0.6) is 0 Å². The van der Waals surface area contributed by atoms with Crippen LogP contribution in [0.3, 0.4) is 0 Å². The number of rotatable bonds is 21. The molecule has 2 aromatic carbocycles. The third-order valence-corrected chi connectivity index (χ3v) is 16.8. The van der Waals surface area contributed by atoms with E-state index in [2.05, 4.69) is 31.9 Å². The second-order valence-corrected chi connectivity index (χ2v) is 23.5. The minimum atomic E-state index is -1.63. The predicted molar refractivity (Wildman–Crippen MR) is 306 cm³/mol. The lowest BCUT2D eigenvalue weighted by Gasteiger charge is -2.41. The number of imide groups is 1. The summed E-state index contributed by atoms with van der Waals surface area (Å²) in [5, 5.41) is 20.5. The van der Waals surface area contributed by atoms with Crippen molar-refractivity contribution >= 4 is 92.2 Å². The third-order valence-electron chi connectivity index (χ3n) is 15.6. The van der Waals surface area contributed by atoms with Gasteiger partial charge in [-0.2, -0.15) is 0 Å². The van der Waals surface area contributed by atoms with E-state index in [1.165, 1.54) is 24.2 Å². The lowest BCUT2D eigenvalue weighted by atomic mass is 9.78. The number of hydrogen-bond donors (Lipinski definition) is 5. The molecule has 4 aliphatic heterocycles. The van der Waals surface area contributed by atoms with Gasteiger partial charge in [0.15, 0.2) is 5.78 Å². The number of fused-ring (bicyclic) bond motifs is 5. The van der Waals surface area contributed by atoms with Crippen LogP contribution < -0.4 is 26.6 Å². The number of aryl methyl sites for hydroxylation is 1. The van der Waals surface area contributed by atoms with Gasteiger partial charge in [0, 0.05) is 81.4 Å². The van der Waals surface area contributed by atoms with Crippen LogP contribution in [0, 0.1) is 24.7 Å². The van der Waals surface area contributed by atoms with Gasteiger partial charge in [-0.15, -0.1) is 0 Å². The number of carbonyl (C=O) groups excluding carboxylic acids is 9. The summed E-state index contributed by atoms with van der Waals surface area (Å²) in [6, 6.07) is 6.82. The molecule has 9 atom stereocenters. The molecular formula is C59H76BrClN6O14. The van der Waals surface area contributed by atoms with Crippen LogP contribution >= 0.6 is 27.5 Å². The second-order valence-electron chi connectivity index (χ2n) is 22.3. The first-order valence-corrected chi connectivity index (χ1v) is 28.6. The molecule has 2 aromatic rings. The maximum Gasteiger partial charge on any atom is 0.412 e. The number of amides is 7. The molecule has 4 heterocycles. The van der Waals surface area contributed by atoms with Crippen LogP contribution in [-0.4, -0.2) is 132 Å². The van der Waals surface area contributed by atoms with Crippen molar-refractivity contribution in [3.05, 3.63) is 92.5 Å². The van der Waals surface area contributed by atoms with Crippen LogP contribution in [-0.2, 0) is 65.4 Å². The Morgan fingerprint density at radius 1 is 1.01 bits per heavy atom. The molecule has 7 amide bonds. The van der Waals surface area contributed by atoms with Gasteiger partial charge in [0.1, 0.15) is 35.3 Å². The lowest BCUT2D eigenvalue weighted by Crippen LogP contribution is -2.53. The highest BCUT2D eigenvalue weighted by Gasteiger charge is 2.64. The van der Waals surface area contributed by atoms with Gasteiger partial charge in [-0.25, -0.2) is 9.59 Å². The fourth-order valence-electron chi connectivity index (χ4n) is 10.8. The number of hydrogen-bond acceptors (Lipinski definition) is 14. The molecule has 20 nitrogen and oxygen atoms in total. The molecule has 81 heavy (non-hydrogen) atoms. The van der Waals surface area contributed by atoms with E-state index in [9.17, 15) is 48.3 Å². The number of Topliss-reactive ketones (excluding diaryl/α,β-unsaturated/α-hetero) is 2. The standard InChI is InChI=1S/C59H76BrClN6O14/c1-33(2)40(29-39(68)15-10-9-11-23-67-49(70)20-21-50(67)71)55(74)64-43(16-13-22-63-56(62)75)45(69)28-37-18-19-42(41(60)26-37)65-57(76)80-48-30-51(72)66(7)44-27-38(25-35(4)53(44)61)24-34(3)14-12-17-47(78-8)59(77)31-46(79-52(73)32-59)36(5)54-58(48,6)81-54/h12,14,17-21,25-27,33,36,40,43,46-48,54,77H,9-11,13,15-16,22-24,28-32H2,1-8H3,(H,64,74)(H,65,76)(H3,62,63,75)/b17-12+,34-14+/t36-,40+,43+,46+,47-,48+,54+,58+,59-/m1/s1. The summed E-state index contributed by atoms with van der Waals surface area (Å²) >= 11 is 10.4. The third kappa shape index (κ3) is 16.9. The van der Waals surface area contributed by atoms with Crippen molar-refractivity contribution < 1.29 is 67.2 Å². The number of benzene rings is 2. The van der Waals surface area contributed by atoms with Crippen molar-refractivity contribution in [2.24, 2.45) is 23.5 Å². The normalized spacial score (nSPS) is 25.7. The number of nitrogens with one attached hydrogen (secondary N) is 3. The fraction of sp³-hybridized carbons (Fsp3) is 0.542. The Balaban J connectivity index is 1.15. The van der Waals surface area contributed by atoms with E-state index in [0.29, 0.717) is 52.9 Å². The van der Waals surface area contributed by atoms with Crippen LogP contribution in [0.2, 0.25) is 5.02 Å². The lowest BCUT2D eigenvalue weighted by molar-refractivity contribution is -0.187. The molecule has 2 fully saturated rings. The van der Waals surface area contributed by atoms with Gasteiger partial charge < -0.3 is 45.3 Å². The van der Waals surface area contributed by atoms with Crippen molar-refractivity contribution in [1.29, 1.82) is 0 Å². The molecule has 6 N–H and O–H groups in total. The number of aliphatic hydroxyl groups is 1. The topological polar surface area (TPSA) is 283 Å². The summed E-state index contributed by atoms with van der Waals surface area (Å²) in [6.45, 7) is 11.3. The summed E-state index contributed by atoms with van der Waals surface area (Å²) in [7, 11) is 3.05. The average Bonchev–Trinajstić information content (AvgIpc) is 4.00. The number of anilines is 2. The Morgan fingerprint density at radius 3 is 2.40 bits per heavy atom. The van der Waals surface area contributed by atoms with Crippen molar-refractivity contribution in [3.8, 4) is 0 Å². The van der Waals surface area contributed by atoms with Crippen molar-refractivity contribution in [2.75, 3.05) is 37.5 Å². The monoisotopic (exact) mass is 1210 g/mol. The number of carbonyl (C=O) groups is 9.